The number of nitrogen functional groups attached to an aromatic ring is 1. The summed E-state index contributed by atoms with van der Waals surface area (Å²) in [6.07, 6.45) is 1.10. The minimum Gasteiger partial charge on any atom is -0.399 e. The fraction of sp³-hybridized carbons (Fsp3) is 0.500. The molecule has 1 aromatic rings. The third-order valence-corrected chi connectivity index (χ3v) is 5.21. The van der Waals surface area contributed by atoms with Crippen molar-refractivity contribution in [2.24, 2.45) is 0 Å². The summed E-state index contributed by atoms with van der Waals surface area (Å²) in [5, 5.41) is 0. The van der Waals surface area contributed by atoms with Crippen LogP contribution in [0.2, 0.25) is 0 Å². The molecule has 5 nitrogen and oxygen atoms in total. The largest absolute Gasteiger partial charge is 0.399 e. The molecule has 1 saturated heterocycles. The van der Waals surface area contributed by atoms with Crippen LogP contribution < -0.4 is 10.5 Å². The van der Waals surface area contributed by atoms with E-state index in [0.717, 1.165) is 6.07 Å². The molecule has 0 radical (unpaired) electrons. The normalized spacial score (nSPS) is 23.8. The summed E-state index contributed by atoms with van der Waals surface area (Å²) in [5.41, 5.74) is 5.75. The number of anilines is 1. The monoisotopic (exact) mass is 366 g/mol. The predicted octanol–water partition coefficient (Wildman–Crippen LogP) is 2.02. The zero-order valence-corrected chi connectivity index (χ0v) is 13.3. The maximum atomic E-state index is 14.0. The van der Waals surface area contributed by atoms with Gasteiger partial charge in [-0.3, -0.25) is 0 Å². The molecule has 0 spiro atoms. The Kier molecular flexibility index (Phi) is 4.68. The average molecular weight is 367 g/mol. The predicted molar refractivity (Wildman–Crippen MR) is 77.3 cm³/mol. The molecule has 1 heterocycles. The number of rotatable bonds is 3. The summed E-state index contributed by atoms with van der Waals surface area (Å²) in [5.74, 6) is -0.841. The topological polar surface area (TPSA) is 81.4 Å². The average Bonchev–Trinajstić information content (AvgIpc) is 2.33. The maximum Gasteiger partial charge on any atom is 0.243 e. The highest BCUT2D eigenvalue weighted by Crippen LogP contribution is 2.27. The number of hydrogen-bond donors (Lipinski definition) is 2. The molecule has 1 aromatic carbocycles. The third kappa shape index (κ3) is 3.49. The van der Waals surface area contributed by atoms with Gasteiger partial charge in [-0.1, -0.05) is 0 Å². The van der Waals surface area contributed by atoms with Gasteiger partial charge in [0.2, 0.25) is 10.0 Å². The van der Waals surface area contributed by atoms with Crippen molar-refractivity contribution in [1.29, 1.82) is 0 Å². The van der Waals surface area contributed by atoms with Crippen LogP contribution in [0.3, 0.4) is 0 Å². The van der Waals surface area contributed by atoms with Gasteiger partial charge in [0, 0.05) is 18.3 Å². The molecule has 0 aromatic heterocycles. The Bertz CT molecular complexity index is 609. The summed E-state index contributed by atoms with van der Waals surface area (Å²) in [4.78, 5) is -0.441. The minimum absolute atomic E-state index is 0.0196. The summed E-state index contributed by atoms with van der Waals surface area (Å²) < 4.78 is 46.4. The van der Waals surface area contributed by atoms with Gasteiger partial charge < -0.3 is 10.5 Å². The van der Waals surface area contributed by atoms with E-state index in [1.807, 2.05) is 6.92 Å². The lowest BCUT2D eigenvalue weighted by Crippen LogP contribution is -2.41. The van der Waals surface area contributed by atoms with E-state index in [0.29, 0.717) is 19.4 Å². The van der Waals surface area contributed by atoms with Crippen molar-refractivity contribution in [2.75, 3.05) is 12.3 Å². The molecule has 0 bridgehead atoms. The van der Waals surface area contributed by atoms with Gasteiger partial charge in [-0.15, -0.1) is 0 Å². The highest BCUT2D eigenvalue weighted by molar-refractivity contribution is 9.10. The molecule has 2 unspecified atom stereocenters. The van der Waals surface area contributed by atoms with Gasteiger partial charge in [-0.05, 0) is 47.8 Å². The highest BCUT2D eigenvalue weighted by Gasteiger charge is 2.28. The van der Waals surface area contributed by atoms with Crippen molar-refractivity contribution in [2.45, 2.75) is 36.8 Å². The smallest absolute Gasteiger partial charge is 0.243 e. The first kappa shape index (κ1) is 15.7. The molecular weight excluding hydrogens is 351 g/mol. The summed E-state index contributed by atoms with van der Waals surface area (Å²) >= 11 is 2.96. The van der Waals surface area contributed by atoms with Gasteiger partial charge in [-0.2, -0.15) is 0 Å². The molecule has 3 N–H and O–H groups in total. The van der Waals surface area contributed by atoms with E-state index < -0.39 is 20.7 Å². The first-order chi connectivity index (χ1) is 9.29. The number of ether oxygens (including phenoxy) is 1. The van der Waals surface area contributed by atoms with E-state index in [4.69, 9.17) is 10.5 Å². The van der Waals surface area contributed by atoms with Gasteiger partial charge in [-0.25, -0.2) is 17.5 Å². The Balaban J connectivity index is 2.26. The molecule has 0 aliphatic carbocycles. The molecule has 20 heavy (non-hydrogen) atoms. The Morgan fingerprint density at radius 1 is 1.50 bits per heavy atom. The van der Waals surface area contributed by atoms with Gasteiger partial charge in [0.05, 0.1) is 10.6 Å². The summed E-state index contributed by atoms with van der Waals surface area (Å²) in [7, 11) is -3.95. The van der Waals surface area contributed by atoms with Crippen LogP contribution in [0.4, 0.5) is 10.1 Å². The second kappa shape index (κ2) is 5.97. The van der Waals surface area contributed by atoms with Crippen LogP contribution in [-0.2, 0) is 14.8 Å². The van der Waals surface area contributed by atoms with E-state index >= 15 is 0 Å². The lowest BCUT2D eigenvalue weighted by molar-refractivity contribution is 0.0173. The summed E-state index contributed by atoms with van der Waals surface area (Å²) in [6, 6.07) is 2.18. The Morgan fingerprint density at radius 2 is 2.20 bits per heavy atom. The molecule has 2 rings (SSSR count). The van der Waals surface area contributed by atoms with Gasteiger partial charge >= 0.3 is 0 Å². The Morgan fingerprint density at radius 3 is 2.85 bits per heavy atom. The Hall–Kier alpha value is -0.700. The van der Waals surface area contributed by atoms with E-state index in [2.05, 4.69) is 20.7 Å². The molecule has 0 amide bonds. The van der Waals surface area contributed by atoms with Crippen LogP contribution in [0.1, 0.15) is 19.8 Å². The van der Waals surface area contributed by atoms with Crippen molar-refractivity contribution in [3.8, 4) is 0 Å². The van der Waals surface area contributed by atoms with Crippen LogP contribution in [0.5, 0.6) is 0 Å². The first-order valence-corrected chi connectivity index (χ1v) is 8.45. The number of benzene rings is 1. The van der Waals surface area contributed by atoms with Crippen molar-refractivity contribution in [1.82, 2.24) is 4.72 Å². The van der Waals surface area contributed by atoms with Crippen molar-refractivity contribution in [3.63, 3.8) is 0 Å². The van der Waals surface area contributed by atoms with E-state index in [1.165, 1.54) is 6.07 Å². The lowest BCUT2D eigenvalue weighted by atomic mass is 10.1. The molecule has 2 atom stereocenters. The highest BCUT2D eigenvalue weighted by atomic mass is 79.9. The van der Waals surface area contributed by atoms with E-state index in [9.17, 15) is 12.8 Å². The zero-order valence-electron chi connectivity index (χ0n) is 10.9. The third-order valence-electron chi connectivity index (χ3n) is 3.11. The molecule has 1 fully saturated rings. The quantitative estimate of drug-likeness (QED) is 0.801. The molecule has 0 saturated carbocycles. The number of halogens is 2. The molecule has 1 aliphatic heterocycles. The fourth-order valence-electron chi connectivity index (χ4n) is 2.17. The van der Waals surface area contributed by atoms with Crippen molar-refractivity contribution in [3.05, 3.63) is 22.4 Å². The van der Waals surface area contributed by atoms with Gasteiger partial charge in [0.25, 0.3) is 0 Å². The van der Waals surface area contributed by atoms with Crippen LogP contribution >= 0.6 is 15.9 Å². The molecule has 1 aliphatic rings. The Labute approximate surface area is 125 Å². The van der Waals surface area contributed by atoms with E-state index in [-0.39, 0.29) is 22.3 Å². The second-order valence-corrected chi connectivity index (χ2v) is 7.38. The number of nitrogens with two attached hydrogens (primary N) is 1. The van der Waals surface area contributed by atoms with Crippen LogP contribution in [0, 0.1) is 5.82 Å². The van der Waals surface area contributed by atoms with Crippen LogP contribution in [0.15, 0.2) is 21.5 Å². The standard InChI is InChI=1S/C12H16BrFN2O3S/c1-7-4-9(2-3-19-7)16-20(17,18)11-6-8(15)5-10(13)12(11)14/h5-7,9,16H,2-4,15H2,1H3. The first-order valence-electron chi connectivity index (χ1n) is 6.18. The fourth-order valence-corrected chi connectivity index (χ4v) is 4.19. The van der Waals surface area contributed by atoms with Crippen molar-refractivity contribution < 1.29 is 17.5 Å². The van der Waals surface area contributed by atoms with Gasteiger partial charge in [0.1, 0.15) is 4.90 Å². The second-order valence-electron chi connectivity index (χ2n) is 4.84. The maximum absolute atomic E-state index is 14.0. The van der Waals surface area contributed by atoms with E-state index in [1.54, 1.807) is 0 Å². The number of sulfonamides is 1. The minimum atomic E-state index is -3.95. The van der Waals surface area contributed by atoms with Crippen molar-refractivity contribution >= 4 is 31.6 Å². The van der Waals surface area contributed by atoms with Crippen LogP contribution in [0.25, 0.3) is 0 Å². The number of hydrogen-bond acceptors (Lipinski definition) is 4. The number of nitrogens with one attached hydrogen (secondary N) is 1. The molecule has 8 heteroatoms. The lowest BCUT2D eigenvalue weighted by Gasteiger charge is -2.27. The van der Waals surface area contributed by atoms with Gasteiger partial charge in [0.15, 0.2) is 5.82 Å². The molecular formula is C12H16BrFN2O3S. The zero-order chi connectivity index (χ0) is 14.9. The molecule has 112 valence electrons. The van der Waals surface area contributed by atoms with Crippen LogP contribution in [-0.4, -0.2) is 27.2 Å². The summed E-state index contributed by atoms with van der Waals surface area (Å²) in [6.45, 7) is 2.36. The SMILES string of the molecule is CC1CC(NS(=O)(=O)c2cc(N)cc(Br)c2F)CCO1.